The zero-order chi connectivity index (χ0) is 22.1. The number of carbonyl (C=O) groups excluding carboxylic acids is 1. The number of carbonyl (C=O) groups is 1. The van der Waals surface area contributed by atoms with E-state index in [9.17, 15) is 13.2 Å². The highest BCUT2D eigenvalue weighted by atomic mass is 32.2. The lowest BCUT2D eigenvalue weighted by Gasteiger charge is -2.10. The zero-order valence-electron chi connectivity index (χ0n) is 17.7. The summed E-state index contributed by atoms with van der Waals surface area (Å²) in [5, 5.41) is 2.96. The SMILES string of the molecule is CCc1ccccc1NC(=O)CCc1ccc(S(=O)(=O)NCCc2ccccc2)cc1. The van der Waals surface area contributed by atoms with E-state index in [1.165, 1.54) is 0 Å². The highest BCUT2D eigenvalue weighted by molar-refractivity contribution is 7.89. The molecule has 0 aromatic heterocycles. The average molecular weight is 437 g/mol. The predicted octanol–water partition coefficient (Wildman–Crippen LogP) is 4.34. The number of aryl methyl sites for hydroxylation is 2. The summed E-state index contributed by atoms with van der Waals surface area (Å²) in [6, 6.07) is 24.2. The maximum absolute atomic E-state index is 12.5. The summed E-state index contributed by atoms with van der Waals surface area (Å²) >= 11 is 0. The van der Waals surface area contributed by atoms with Crippen molar-refractivity contribution in [3.63, 3.8) is 0 Å². The fourth-order valence-corrected chi connectivity index (χ4v) is 4.35. The smallest absolute Gasteiger partial charge is 0.240 e. The lowest BCUT2D eigenvalue weighted by atomic mass is 10.1. The zero-order valence-corrected chi connectivity index (χ0v) is 18.5. The molecule has 0 aliphatic carbocycles. The van der Waals surface area contributed by atoms with E-state index in [1.54, 1.807) is 24.3 Å². The van der Waals surface area contributed by atoms with Crippen LogP contribution in [0.25, 0.3) is 0 Å². The lowest BCUT2D eigenvalue weighted by Crippen LogP contribution is -2.26. The number of para-hydroxylation sites is 1. The van der Waals surface area contributed by atoms with Gasteiger partial charge >= 0.3 is 0 Å². The Labute approximate surface area is 184 Å². The molecule has 0 aliphatic heterocycles. The number of hydrogen-bond donors (Lipinski definition) is 2. The van der Waals surface area contributed by atoms with E-state index in [1.807, 2.05) is 54.6 Å². The molecule has 162 valence electrons. The molecule has 3 rings (SSSR count). The van der Waals surface area contributed by atoms with Crippen LogP contribution in [0.5, 0.6) is 0 Å². The van der Waals surface area contributed by atoms with E-state index in [0.29, 0.717) is 25.8 Å². The van der Waals surface area contributed by atoms with Crippen molar-refractivity contribution in [3.05, 3.63) is 95.6 Å². The fraction of sp³-hybridized carbons (Fsp3) is 0.240. The Kier molecular flexibility index (Phi) is 7.98. The van der Waals surface area contributed by atoms with Gasteiger partial charge in [-0.2, -0.15) is 0 Å². The highest BCUT2D eigenvalue weighted by Crippen LogP contribution is 2.17. The van der Waals surface area contributed by atoms with Gasteiger partial charge < -0.3 is 5.32 Å². The first kappa shape index (κ1) is 22.7. The van der Waals surface area contributed by atoms with Gasteiger partial charge in [-0.25, -0.2) is 13.1 Å². The third-order valence-corrected chi connectivity index (χ3v) is 6.57. The van der Waals surface area contributed by atoms with Gasteiger partial charge in [-0.15, -0.1) is 0 Å². The van der Waals surface area contributed by atoms with Gasteiger partial charge in [0.25, 0.3) is 0 Å². The van der Waals surface area contributed by atoms with Gasteiger partial charge in [-0.1, -0.05) is 67.6 Å². The van der Waals surface area contributed by atoms with E-state index in [0.717, 1.165) is 28.8 Å². The summed E-state index contributed by atoms with van der Waals surface area (Å²) in [6.45, 7) is 2.39. The molecule has 1 amide bonds. The molecule has 0 saturated heterocycles. The molecule has 31 heavy (non-hydrogen) atoms. The number of anilines is 1. The minimum absolute atomic E-state index is 0.0554. The second-order valence-corrected chi connectivity index (χ2v) is 9.10. The monoisotopic (exact) mass is 436 g/mol. The normalized spacial score (nSPS) is 11.3. The summed E-state index contributed by atoms with van der Waals surface area (Å²) in [4.78, 5) is 12.5. The number of nitrogens with one attached hydrogen (secondary N) is 2. The van der Waals surface area contributed by atoms with E-state index in [4.69, 9.17) is 0 Å². The van der Waals surface area contributed by atoms with Gasteiger partial charge in [-0.05, 0) is 54.2 Å². The summed E-state index contributed by atoms with van der Waals surface area (Å²) in [6.07, 6.45) is 2.36. The first-order valence-electron chi connectivity index (χ1n) is 10.5. The topological polar surface area (TPSA) is 75.3 Å². The summed E-state index contributed by atoms with van der Waals surface area (Å²) in [7, 11) is -3.56. The minimum atomic E-state index is -3.56. The second-order valence-electron chi connectivity index (χ2n) is 7.34. The second kappa shape index (κ2) is 10.9. The highest BCUT2D eigenvalue weighted by Gasteiger charge is 2.13. The number of hydrogen-bond acceptors (Lipinski definition) is 3. The molecule has 3 aromatic carbocycles. The first-order chi connectivity index (χ1) is 15.0. The molecular weight excluding hydrogens is 408 g/mol. The van der Waals surface area contributed by atoms with Crippen molar-refractivity contribution in [1.82, 2.24) is 4.72 Å². The number of rotatable bonds is 10. The molecule has 3 aromatic rings. The van der Waals surface area contributed by atoms with Crippen LogP contribution in [0.4, 0.5) is 5.69 Å². The van der Waals surface area contributed by atoms with Crippen molar-refractivity contribution in [2.45, 2.75) is 37.5 Å². The maximum atomic E-state index is 12.5. The predicted molar refractivity (Wildman–Crippen MR) is 125 cm³/mol. The molecule has 0 spiro atoms. The minimum Gasteiger partial charge on any atom is -0.326 e. The van der Waals surface area contributed by atoms with Crippen LogP contribution in [0.15, 0.2) is 83.8 Å². The van der Waals surface area contributed by atoms with Crippen molar-refractivity contribution in [2.24, 2.45) is 0 Å². The van der Waals surface area contributed by atoms with Crippen molar-refractivity contribution in [3.8, 4) is 0 Å². The Morgan fingerprint density at radius 2 is 1.45 bits per heavy atom. The van der Waals surface area contributed by atoms with Crippen molar-refractivity contribution >= 4 is 21.6 Å². The lowest BCUT2D eigenvalue weighted by molar-refractivity contribution is -0.116. The molecular formula is C25H28N2O3S. The number of benzene rings is 3. The van der Waals surface area contributed by atoms with Crippen LogP contribution in [0.2, 0.25) is 0 Å². The van der Waals surface area contributed by atoms with Gasteiger partial charge in [0.05, 0.1) is 4.90 Å². The third kappa shape index (κ3) is 6.77. The Balaban J connectivity index is 1.50. The van der Waals surface area contributed by atoms with Gasteiger partial charge in [0, 0.05) is 18.7 Å². The Morgan fingerprint density at radius 3 is 2.16 bits per heavy atom. The molecule has 0 fully saturated rings. The van der Waals surface area contributed by atoms with Crippen LogP contribution in [-0.2, 0) is 34.1 Å². The summed E-state index contributed by atoms with van der Waals surface area (Å²) in [5.41, 5.74) is 3.95. The van der Waals surface area contributed by atoms with Gasteiger partial charge in [0.2, 0.25) is 15.9 Å². The van der Waals surface area contributed by atoms with Crippen LogP contribution in [0.3, 0.4) is 0 Å². The van der Waals surface area contributed by atoms with E-state index in [-0.39, 0.29) is 10.8 Å². The van der Waals surface area contributed by atoms with E-state index in [2.05, 4.69) is 17.0 Å². The fourth-order valence-electron chi connectivity index (χ4n) is 3.31. The molecule has 0 bridgehead atoms. The van der Waals surface area contributed by atoms with Crippen molar-refractivity contribution in [2.75, 3.05) is 11.9 Å². The number of amides is 1. The molecule has 0 radical (unpaired) electrons. The third-order valence-electron chi connectivity index (χ3n) is 5.10. The first-order valence-corrected chi connectivity index (χ1v) is 12.0. The molecule has 0 atom stereocenters. The van der Waals surface area contributed by atoms with Crippen molar-refractivity contribution in [1.29, 1.82) is 0 Å². The van der Waals surface area contributed by atoms with Crippen LogP contribution in [0.1, 0.15) is 30.0 Å². The summed E-state index contributed by atoms with van der Waals surface area (Å²) in [5.74, 6) is -0.0554. The van der Waals surface area contributed by atoms with Crippen LogP contribution >= 0.6 is 0 Å². The quantitative estimate of drug-likeness (QED) is 0.496. The number of sulfonamides is 1. The van der Waals surface area contributed by atoms with E-state index < -0.39 is 10.0 Å². The summed E-state index contributed by atoms with van der Waals surface area (Å²) < 4.78 is 27.6. The molecule has 5 nitrogen and oxygen atoms in total. The van der Waals surface area contributed by atoms with Crippen molar-refractivity contribution < 1.29 is 13.2 Å². The van der Waals surface area contributed by atoms with Gasteiger partial charge in [0.15, 0.2) is 0 Å². The Morgan fingerprint density at radius 1 is 0.806 bits per heavy atom. The van der Waals surface area contributed by atoms with Crippen LogP contribution < -0.4 is 10.0 Å². The van der Waals surface area contributed by atoms with Crippen LogP contribution in [0, 0.1) is 0 Å². The average Bonchev–Trinajstić information content (AvgIpc) is 2.79. The molecule has 0 unspecified atom stereocenters. The molecule has 0 saturated carbocycles. The Hall–Kier alpha value is -2.96. The Bertz CT molecular complexity index is 1100. The molecule has 0 heterocycles. The van der Waals surface area contributed by atoms with E-state index >= 15 is 0 Å². The van der Waals surface area contributed by atoms with Crippen LogP contribution in [-0.4, -0.2) is 20.9 Å². The van der Waals surface area contributed by atoms with Gasteiger partial charge in [-0.3, -0.25) is 4.79 Å². The maximum Gasteiger partial charge on any atom is 0.240 e. The molecule has 0 aliphatic rings. The standard InChI is InChI=1S/C25H28N2O3S/c1-2-22-10-6-7-11-24(22)27-25(28)17-14-21-12-15-23(16-13-21)31(29,30)26-19-18-20-8-4-3-5-9-20/h3-13,15-16,26H,2,14,17-19H2,1H3,(H,27,28). The van der Waals surface area contributed by atoms with Gasteiger partial charge in [0.1, 0.15) is 0 Å². The molecule has 6 heteroatoms. The largest absolute Gasteiger partial charge is 0.326 e. The molecule has 2 N–H and O–H groups in total.